The SMILES string of the molecule is CN(C)c1ccc(Br)c2c1C(=O)C(=O)N2Cc1ccsc1Br. The largest absolute Gasteiger partial charge is 0.377 e. The van der Waals surface area contributed by atoms with Crippen molar-refractivity contribution < 1.29 is 9.59 Å². The molecule has 1 aromatic heterocycles. The summed E-state index contributed by atoms with van der Waals surface area (Å²) in [6.07, 6.45) is 0. The molecule has 0 N–H and O–H groups in total. The minimum Gasteiger partial charge on any atom is -0.377 e. The molecule has 1 aliphatic rings. The predicted octanol–water partition coefficient (Wildman–Crippen LogP) is 4.07. The van der Waals surface area contributed by atoms with Crippen LogP contribution in [-0.4, -0.2) is 25.8 Å². The van der Waals surface area contributed by atoms with E-state index in [9.17, 15) is 9.59 Å². The van der Waals surface area contributed by atoms with Crippen molar-refractivity contribution in [2.24, 2.45) is 0 Å². The van der Waals surface area contributed by atoms with E-state index in [0.717, 1.165) is 19.5 Å². The Balaban J connectivity index is 2.13. The minimum absolute atomic E-state index is 0.372. The van der Waals surface area contributed by atoms with E-state index in [1.165, 1.54) is 0 Å². The molecule has 0 radical (unpaired) electrons. The fraction of sp³-hybridized carbons (Fsp3) is 0.200. The van der Waals surface area contributed by atoms with Gasteiger partial charge in [0, 0.05) is 24.3 Å². The topological polar surface area (TPSA) is 40.6 Å². The third-order valence-electron chi connectivity index (χ3n) is 3.55. The Morgan fingerprint density at radius 2 is 1.91 bits per heavy atom. The summed E-state index contributed by atoms with van der Waals surface area (Å²) in [7, 11) is 3.72. The molecule has 2 heterocycles. The molecule has 0 aliphatic carbocycles. The monoisotopic (exact) mass is 442 g/mol. The van der Waals surface area contributed by atoms with E-state index in [-0.39, 0.29) is 0 Å². The third kappa shape index (κ3) is 2.41. The lowest BCUT2D eigenvalue weighted by Gasteiger charge is -2.20. The maximum absolute atomic E-state index is 12.5. The van der Waals surface area contributed by atoms with E-state index in [1.807, 2.05) is 42.6 Å². The Bertz CT molecular complexity index is 786. The van der Waals surface area contributed by atoms with E-state index in [1.54, 1.807) is 16.2 Å². The number of benzene rings is 1. The lowest BCUT2D eigenvalue weighted by Crippen LogP contribution is -2.29. The highest BCUT2D eigenvalue weighted by Gasteiger charge is 2.40. The van der Waals surface area contributed by atoms with Crippen molar-refractivity contribution in [3.8, 4) is 0 Å². The van der Waals surface area contributed by atoms with Gasteiger partial charge in [0.25, 0.3) is 11.7 Å². The molecular formula is C15H12Br2N2O2S. The van der Waals surface area contributed by atoms with Crippen molar-refractivity contribution in [2.75, 3.05) is 23.9 Å². The lowest BCUT2D eigenvalue weighted by atomic mass is 10.1. The van der Waals surface area contributed by atoms with Crippen molar-refractivity contribution in [3.05, 3.63) is 43.0 Å². The number of carbonyl (C=O) groups excluding carboxylic acids is 2. The van der Waals surface area contributed by atoms with Gasteiger partial charge < -0.3 is 4.90 Å². The van der Waals surface area contributed by atoms with Crippen LogP contribution >= 0.6 is 43.2 Å². The molecular weight excluding hydrogens is 432 g/mol. The standard InChI is InChI=1S/C15H12Br2N2O2S/c1-18(2)10-4-3-9(16)12-11(10)13(20)15(21)19(12)7-8-5-6-22-14(8)17/h3-6H,7H2,1-2H3. The number of halogens is 2. The van der Waals surface area contributed by atoms with Gasteiger partial charge in [-0.1, -0.05) is 0 Å². The summed E-state index contributed by atoms with van der Waals surface area (Å²) in [6, 6.07) is 5.67. The number of hydrogen-bond donors (Lipinski definition) is 0. The van der Waals surface area contributed by atoms with Gasteiger partial charge in [-0.05, 0) is 61.0 Å². The molecule has 0 spiro atoms. The van der Waals surface area contributed by atoms with Gasteiger partial charge >= 0.3 is 0 Å². The zero-order valence-corrected chi connectivity index (χ0v) is 15.9. The fourth-order valence-electron chi connectivity index (χ4n) is 2.50. The second-order valence-corrected chi connectivity index (χ2v) is 8.21. The first-order valence-electron chi connectivity index (χ1n) is 6.49. The van der Waals surface area contributed by atoms with Crippen LogP contribution in [0.5, 0.6) is 0 Å². The quantitative estimate of drug-likeness (QED) is 0.671. The zero-order valence-electron chi connectivity index (χ0n) is 11.9. The van der Waals surface area contributed by atoms with Crippen LogP contribution in [-0.2, 0) is 11.3 Å². The van der Waals surface area contributed by atoms with E-state index in [2.05, 4.69) is 31.9 Å². The highest BCUT2D eigenvalue weighted by molar-refractivity contribution is 9.11. The summed E-state index contributed by atoms with van der Waals surface area (Å²) in [5.41, 5.74) is 2.86. The summed E-state index contributed by atoms with van der Waals surface area (Å²) in [4.78, 5) is 28.3. The molecule has 1 aromatic carbocycles. The van der Waals surface area contributed by atoms with Gasteiger partial charge in [0.15, 0.2) is 0 Å². The summed E-state index contributed by atoms with van der Waals surface area (Å²) in [5, 5.41) is 1.95. The molecule has 1 aliphatic heterocycles. The number of nitrogens with zero attached hydrogens (tertiary/aromatic N) is 2. The average Bonchev–Trinajstić information content (AvgIpc) is 2.97. The highest BCUT2D eigenvalue weighted by Crippen LogP contribution is 2.42. The van der Waals surface area contributed by atoms with Crippen LogP contribution < -0.4 is 9.80 Å². The van der Waals surface area contributed by atoms with Crippen LogP contribution in [0.1, 0.15) is 15.9 Å². The van der Waals surface area contributed by atoms with Crippen molar-refractivity contribution in [1.82, 2.24) is 0 Å². The summed E-state index contributed by atoms with van der Waals surface area (Å²) in [5.74, 6) is -0.936. The Morgan fingerprint density at radius 3 is 2.50 bits per heavy atom. The molecule has 3 rings (SSSR count). The number of hydrogen-bond acceptors (Lipinski definition) is 4. The molecule has 0 unspecified atom stereocenters. The molecule has 2 aromatic rings. The second-order valence-electron chi connectivity index (χ2n) is 5.12. The number of fused-ring (bicyclic) bond motifs is 1. The molecule has 0 fully saturated rings. The first-order chi connectivity index (χ1) is 10.4. The predicted molar refractivity (Wildman–Crippen MR) is 96.0 cm³/mol. The molecule has 0 bridgehead atoms. The number of Topliss-reactive ketones (excluding diaryl/α,β-unsaturated/α-hetero) is 1. The molecule has 7 heteroatoms. The maximum atomic E-state index is 12.5. The van der Waals surface area contributed by atoms with Gasteiger partial charge in [-0.15, -0.1) is 11.3 Å². The Labute approximate surface area is 149 Å². The third-order valence-corrected chi connectivity index (χ3v) is 6.00. The number of anilines is 2. The smallest absolute Gasteiger partial charge is 0.299 e. The number of ketones is 1. The van der Waals surface area contributed by atoms with Crippen molar-refractivity contribution >= 4 is 66.3 Å². The van der Waals surface area contributed by atoms with Gasteiger partial charge in [-0.25, -0.2) is 0 Å². The number of amides is 1. The summed E-state index contributed by atoms with van der Waals surface area (Å²) < 4.78 is 1.72. The van der Waals surface area contributed by atoms with Crippen LogP contribution in [0.3, 0.4) is 0 Å². The number of carbonyl (C=O) groups is 2. The molecule has 4 nitrogen and oxygen atoms in total. The molecule has 0 saturated carbocycles. The van der Waals surface area contributed by atoms with E-state index in [0.29, 0.717) is 17.8 Å². The first kappa shape index (κ1) is 15.7. The van der Waals surface area contributed by atoms with Crippen molar-refractivity contribution in [2.45, 2.75) is 6.54 Å². The Kier molecular flexibility index (Phi) is 4.13. The normalized spacial score (nSPS) is 13.7. The molecule has 114 valence electrons. The number of rotatable bonds is 3. The van der Waals surface area contributed by atoms with E-state index < -0.39 is 11.7 Å². The molecule has 0 saturated heterocycles. The van der Waals surface area contributed by atoms with E-state index >= 15 is 0 Å². The summed E-state index contributed by atoms with van der Waals surface area (Å²) in [6.45, 7) is 0.372. The Morgan fingerprint density at radius 1 is 1.18 bits per heavy atom. The van der Waals surface area contributed by atoms with Gasteiger partial charge in [0.1, 0.15) is 0 Å². The molecule has 1 amide bonds. The minimum atomic E-state index is -0.483. The van der Waals surface area contributed by atoms with Crippen LogP contribution in [0, 0.1) is 0 Å². The average molecular weight is 444 g/mol. The zero-order chi connectivity index (χ0) is 16.0. The Hall–Kier alpha value is -1.18. The van der Waals surface area contributed by atoms with Crippen LogP contribution in [0.2, 0.25) is 0 Å². The van der Waals surface area contributed by atoms with Gasteiger partial charge in [-0.3, -0.25) is 14.5 Å². The summed E-state index contributed by atoms with van der Waals surface area (Å²) >= 11 is 8.51. The van der Waals surface area contributed by atoms with Crippen molar-refractivity contribution in [3.63, 3.8) is 0 Å². The highest BCUT2D eigenvalue weighted by atomic mass is 79.9. The number of thiophene rings is 1. The first-order valence-corrected chi connectivity index (χ1v) is 8.96. The molecule has 22 heavy (non-hydrogen) atoms. The van der Waals surface area contributed by atoms with Crippen LogP contribution in [0.25, 0.3) is 0 Å². The lowest BCUT2D eigenvalue weighted by molar-refractivity contribution is -0.114. The van der Waals surface area contributed by atoms with Crippen molar-refractivity contribution in [1.29, 1.82) is 0 Å². The molecule has 0 atom stereocenters. The maximum Gasteiger partial charge on any atom is 0.299 e. The second kappa shape index (κ2) is 5.79. The van der Waals surface area contributed by atoms with Crippen LogP contribution in [0.4, 0.5) is 11.4 Å². The van der Waals surface area contributed by atoms with Crippen LogP contribution in [0.15, 0.2) is 31.8 Å². The fourth-order valence-corrected chi connectivity index (χ4v) is 4.26. The van der Waals surface area contributed by atoms with Gasteiger partial charge in [0.05, 0.1) is 21.6 Å². The van der Waals surface area contributed by atoms with Gasteiger partial charge in [-0.2, -0.15) is 0 Å². The van der Waals surface area contributed by atoms with Gasteiger partial charge in [0.2, 0.25) is 0 Å². The van der Waals surface area contributed by atoms with E-state index in [4.69, 9.17) is 0 Å².